The van der Waals surface area contributed by atoms with Crippen LogP contribution in [0, 0.1) is 0 Å². The molecule has 5 heteroatoms. The summed E-state index contributed by atoms with van der Waals surface area (Å²) < 4.78 is 23.6. The molecule has 0 fully saturated rings. The quantitative estimate of drug-likeness (QED) is 0.586. The average Bonchev–Trinajstić information content (AvgIpc) is 2.41. The van der Waals surface area contributed by atoms with Crippen LogP contribution < -0.4 is 9.05 Å². The van der Waals surface area contributed by atoms with Gasteiger partial charge in [0.05, 0.1) is 0 Å². The van der Waals surface area contributed by atoms with Gasteiger partial charge in [-0.05, 0) is 29.6 Å². The first-order valence-electron chi connectivity index (χ1n) is 5.74. The second kappa shape index (κ2) is 6.50. The van der Waals surface area contributed by atoms with Crippen LogP contribution in [0.3, 0.4) is 0 Å². The van der Waals surface area contributed by atoms with E-state index in [1.54, 1.807) is 48.5 Å². The molecule has 0 aromatic heterocycles. The Labute approximate surface area is 117 Å². The molecule has 0 spiro atoms. The van der Waals surface area contributed by atoms with Crippen LogP contribution >= 0.6 is 19.8 Å². The Kier molecular flexibility index (Phi) is 4.72. The minimum atomic E-state index is -3.32. The van der Waals surface area contributed by atoms with Gasteiger partial charge in [-0.3, -0.25) is 0 Å². The first kappa shape index (κ1) is 13.8. The average molecular weight is 292 g/mol. The summed E-state index contributed by atoms with van der Waals surface area (Å²) >= 11 is 4.78. The summed E-state index contributed by atoms with van der Waals surface area (Å²) in [6.45, 7) is 0. The van der Waals surface area contributed by atoms with Gasteiger partial charge in [-0.2, -0.15) is 0 Å². The normalized spacial score (nSPS) is 10.7. The van der Waals surface area contributed by atoms with Gasteiger partial charge in [0.2, 0.25) is 0 Å². The Morgan fingerprint density at radius 2 is 1.32 bits per heavy atom. The number of thiocarbonyl (C=S) groups is 1. The van der Waals surface area contributed by atoms with E-state index >= 15 is 0 Å². The minimum absolute atomic E-state index is 0.0755. The molecule has 0 saturated carbocycles. The van der Waals surface area contributed by atoms with E-state index in [4.69, 9.17) is 21.3 Å². The summed E-state index contributed by atoms with van der Waals surface area (Å²) in [6.07, 6.45) is 0.0755. The van der Waals surface area contributed by atoms with Crippen LogP contribution in [0.15, 0.2) is 60.7 Å². The first-order valence-corrected chi connectivity index (χ1v) is 7.94. The van der Waals surface area contributed by atoms with Crippen molar-refractivity contribution in [1.29, 1.82) is 0 Å². The lowest BCUT2D eigenvalue weighted by Crippen LogP contribution is -2.05. The Morgan fingerprint density at radius 3 is 1.68 bits per heavy atom. The maximum absolute atomic E-state index is 12.6. The van der Waals surface area contributed by atoms with Crippen LogP contribution in [-0.4, -0.2) is 11.5 Å². The summed E-state index contributed by atoms with van der Waals surface area (Å²) in [4.78, 5) is 0. The molecule has 0 heterocycles. The van der Waals surface area contributed by atoms with Gasteiger partial charge in [0, 0.05) is 0 Å². The van der Waals surface area contributed by atoms with Gasteiger partial charge >= 0.3 is 7.60 Å². The van der Waals surface area contributed by atoms with E-state index in [9.17, 15) is 4.57 Å². The maximum atomic E-state index is 12.6. The Morgan fingerprint density at radius 1 is 0.895 bits per heavy atom. The second-order valence-corrected chi connectivity index (χ2v) is 6.05. The predicted molar refractivity (Wildman–Crippen MR) is 80.3 cm³/mol. The molecule has 98 valence electrons. The van der Waals surface area contributed by atoms with Gasteiger partial charge in [-0.25, -0.2) is 4.57 Å². The van der Waals surface area contributed by atoms with Crippen LogP contribution in [0.1, 0.15) is 0 Å². The van der Waals surface area contributed by atoms with Crippen LogP contribution in [0.4, 0.5) is 0 Å². The summed E-state index contributed by atoms with van der Waals surface area (Å²) in [5, 5.41) is 1.37. The fourth-order valence-corrected chi connectivity index (χ4v) is 3.27. The van der Waals surface area contributed by atoms with Crippen molar-refractivity contribution in [1.82, 2.24) is 0 Å². The fourth-order valence-electron chi connectivity index (χ4n) is 1.47. The summed E-state index contributed by atoms with van der Waals surface area (Å²) in [6, 6.07) is 17.8. The zero-order chi connectivity index (χ0) is 13.6. The Bertz CT molecular complexity index is 526. The maximum Gasteiger partial charge on any atom is 0.435 e. The molecule has 2 aromatic carbocycles. The highest BCUT2D eigenvalue weighted by molar-refractivity contribution is 7.80. The van der Waals surface area contributed by atoms with Gasteiger partial charge < -0.3 is 9.05 Å². The largest absolute Gasteiger partial charge is 0.435 e. The monoisotopic (exact) mass is 292 g/mol. The van der Waals surface area contributed by atoms with Crippen molar-refractivity contribution < 1.29 is 13.6 Å². The van der Waals surface area contributed by atoms with E-state index in [-0.39, 0.29) is 6.16 Å². The van der Waals surface area contributed by atoms with Crippen molar-refractivity contribution in [2.45, 2.75) is 0 Å². The molecule has 3 nitrogen and oxygen atoms in total. The van der Waals surface area contributed by atoms with E-state index in [1.807, 2.05) is 12.1 Å². The van der Waals surface area contributed by atoms with Crippen LogP contribution in [0.25, 0.3) is 0 Å². The van der Waals surface area contributed by atoms with E-state index in [2.05, 4.69) is 0 Å². The Balaban J connectivity index is 2.18. The third-order valence-electron chi connectivity index (χ3n) is 2.27. The highest BCUT2D eigenvalue weighted by atomic mass is 32.1. The molecule has 0 bridgehead atoms. The molecule has 0 N–H and O–H groups in total. The van der Waals surface area contributed by atoms with Gasteiger partial charge in [0.25, 0.3) is 0 Å². The molecule has 0 aliphatic rings. The van der Waals surface area contributed by atoms with Gasteiger partial charge in [0.1, 0.15) is 17.7 Å². The molecule has 0 atom stereocenters. The van der Waals surface area contributed by atoms with Crippen LogP contribution in [0.5, 0.6) is 11.5 Å². The van der Waals surface area contributed by atoms with E-state index in [1.165, 1.54) is 5.37 Å². The third kappa shape index (κ3) is 4.19. The van der Waals surface area contributed by atoms with Crippen LogP contribution in [-0.2, 0) is 4.57 Å². The smallest absolute Gasteiger partial charge is 0.416 e. The summed E-state index contributed by atoms with van der Waals surface area (Å²) in [5.74, 6) is 0.997. The molecule has 2 aromatic rings. The van der Waals surface area contributed by atoms with Crippen molar-refractivity contribution in [2.24, 2.45) is 0 Å². The molecule has 19 heavy (non-hydrogen) atoms. The fraction of sp³-hybridized carbons (Fsp3) is 0.0714. The number of hydrogen-bond donors (Lipinski definition) is 0. The standard InChI is InChI=1S/C14H13O3PS/c15-18(11-12-19,16-13-7-3-1-4-8-13)17-14-9-5-2-6-10-14/h1-10,12H,11H2. The van der Waals surface area contributed by atoms with Gasteiger partial charge in [-0.15, -0.1) is 0 Å². The van der Waals surface area contributed by atoms with Crippen molar-refractivity contribution in [3.63, 3.8) is 0 Å². The lowest BCUT2D eigenvalue weighted by Gasteiger charge is -2.18. The lowest BCUT2D eigenvalue weighted by molar-refractivity contribution is 0.391. The summed E-state index contributed by atoms with van der Waals surface area (Å²) in [5.41, 5.74) is 0. The highest BCUT2D eigenvalue weighted by Gasteiger charge is 2.26. The highest BCUT2D eigenvalue weighted by Crippen LogP contribution is 2.47. The Hall–Kier alpha value is -1.64. The molecule has 0 unspecified atom stereocenters. The third-order valence-corrected chi connectivity index (χ3v) is 4.30. The van der Waals surface area contributed by atoms with Gasteiger partial charge in [0.15, 0.2) is 0 Å². The van der Waals surface area contributed by atoms with Crippen molar-refractivity contribution >= 4 is 25.2 Å². The predicted octanol–water partition coefficient (Wildman–Crippen LogP) is 4.34. The van der Waals surface area contributed by atoms with E-state index in [0.717, 1.165) is 0 Å². The van der Waals surface area contributed by atoms with Crippen molar-refractivity contribution in [2.75, 3.05) is 6.16 Å². The molecule has 0 amide bonds. The van der Waals surface area contributed by atoms with Gasteiger partial charge in [-0.1, -0.05) is 48.6 Å². The molecular formula is C14H13O3PS. The molecule has 0 aliphatic carbocycles. The molecule has 0 aliphatic heterocycles. The van der Waals surface area contributed by atoms with Crippen molar-refractivity contribution in [3.8, 4) is 11.5 Å². The lowest BCUT2D eigenvalue weighted by atomic mass is 10.3. The molecular weight excluding hydrogens is 279 g/mol. The number of benzene rings is 2. The first-order chi connectivity index (χ1) is 9.22. The summed E-state index contributed by atoms with van der Waals surface area (Å²) in [7, 11) is -3.32. The van der Waals surface area contributed by atoms with E-state index in [0.29, 0.717) is 11.5 Å². The number of rotatable bonds is 6. The molecule has 0 radical (unpaired) electrons. The zero-order valence-electron chi connectivity index (χ0n) is 10.1. The zero-order valence-corrected chi connectivity index (χ0v) is 11.8. The van der Waals surface area contributed by atoms with Crippen LogP contribution in [0.2, 0.25) is 0 Å². The SMILES string of the molecule is O=P(CC=S)(Oc1ccccc1)Oc1ccccc1. The number of para-hydroxylation sites is 2. The molecule has 2 rings (SSSR count). The van der Waals surface area contributed by atoms with E-state index < -0.39 is 7.60 Å². The number of hydrogen-bond acceptors (Lipinski definition) is 4. The minimum Gasteiger partial charge on any atom is -0.416 e. The topological polar surface area (TPSA) is 35.5 Å². The van der Waals surface area contributed by atoms with Crippen molar-refractivity contribution in [3.05, 3.63) is 60.7 Å². The molecule has 0 saturated heterocycles. The second-order valence-electron chi connectivity index (χ2n) is 3.77.